The number of hydrogen-bond acceptors (Lipinski definition) is 3. The van der Waals surface area contributed by atoms with Crippen LogP contribution in [0.3, 0.4) is 0 Å². The van der Waals surface area contributed by atoms with Gasteiger partial charge in [0.05, 0.1) is 13.2 Å². The van der Waals surface area contributed by atoms with Crippen molar-refractivity contribution in [2.45, 2.75) is 38.6 Å². The Kier molecular flexibility index (Phi) is 4.27. The second-order valence-electron chi connectivity index (χ2n) is 7.37. The lowest BCUT2D eigenvalue weighted by Gasteiger charge is -2.50. The summed E-state index contributed by atoms with van der Waals surface area (Å²) in [6.07, 6.45) is 4.59. The lowest BCUT2D eigenvalue weighted by molar-refractivity contribution is -0.00300. The predicted molar refractivity (Wildman–Crippen MR) is 96.5 cm³/mol. The van der Waals surface area contributed by atoms with E-state index in [2.05, 4.69) is 28.9 Å². The van der Waals surface area contributed by atoms with E-state index in [-0.39, 0.29) is 6.61 Å². The molecule has 1 unspecified atom stereocenters. The minimum absolute atomic E-state index is 0.185. The van der Waals surface area contributed by atoms with Crippen molar-refractivity contribution >= 4 is 10.9 Å². The normalized spacial score (nSPS) is 29.3. The van der Waals surface area contributed by atoms with Crippen molar-refractivity contribution in [3.8, 4) is 5.75 Å². The van der Waals surface area contributed by atoms with Crippen LogP contribution in [0, 0.1) is 11.8 Å². The molecule has 3 aliphatic heterocycles. The van der Waals surface area contributed by atoms with E-state index in [1.807, 2.05) is 6.07 Å². The molecule has 2 N–H and O–H groups in total. The van der Waals surface area contributed by atoms with Gasteiger partial charge in [0, 0.05) is 29.7 Å². The number of benzene rings is 1. The predicted octanol–water partition coefficient (Wildman–Crippen LogP) is 3.50. The van der Waals surface area contributed by atoms with Crippen LogP contribution < -0.4 is 4.74 Å². The maximum Gasteiger partial charge on any atom is 0.119 e. The second kappa shape index (κ2) is 6.41. The number of aliphatic hydroxyl groups excluding tert-OH is 1. The van der Waals surface area contributed by atoms with Gasteiger partial charge in [0.1, 0.15) is 5.75 Å². The Morgan fingerprint density at radius 3 is 2.92 bits per heavy atom. The van der Waals surface area contributed by atoms with Crippen LogP contribution in [0.25, 0.3) is 10.9 Å². The highest BCUT2D eigenvalue weighted by Gasteiger charge is 2.41. The molecule has 0 amide bonds. The molecule has 2 bridgehead atoms. The van der Waals surface area contributed by atoms with Crippen molar-refractivity contribution in [2.24, 2.45) is 11.8 Å². The minimum atomic E-state index is 0.185. The number of rotatable bonds is 5. The second-order valence-corrected chi connectivity index (χ2v) is 7.37. The van der Waals surface area contributed by atoms with E-state index in [0.717, 1.165) is 23.1 Å². The van der Waals surface area contributed by atoms with Gasteiger partial charge >= 0.3 is 0 Å². The number of fused-ring (bicyclic) bond motifs is 4. The molecule has 0 spiro atoms. The van der Waals surface area contributed by atoms with Crippen molar-refractivity contribution < 1.29 is 9.84 Å². The molecule has 1 aromatic carbocycles. The number of ether oxygens (including phenoxy) is 1. The fourth-order valence-electron chi connectivity index (χ4n) is 4.94. The molecule has 0 radical (unpaired) electrons. The molecule has 3 aliphatic rings. The number of aromatic nitrogens is 1. The molecule has 5 rings (SSSR count). The van der Waals surface area contributed by atoms with E-state index in [9.17, 15) is 5.11 Å². The lowest BCUT2D eigenvalue weighted by atomic mass is 9.73. The Hall–Kier alpha value is -1.52. The molecule has 0 saturated carbocycles. The third kappa shape index (κ3) is 2.52. The van der Waals surface area contributed by atoms with E-state index >= 15 is 0 Å². The molecule has 3 saturated heterocycles. The fraction of sp³-hybridized carbons (Fsp3) is 0.600. The highest BCUT2D eigenvalue weighted by Crippen LogP contribution is 2.46. The fourth-order valence-corrected chi connectivity index (χ4v) is 4.94. The van der Waals surface area contributed by atoms with Gasteiger partial charge in [-0.1, -0.05) is 13.3 Å². The van der Waals surface area contributed by atoms with E-state index in [4.69, 9.17) is 4.74 Å². The van der Waals surface area contributed by atoms with Gasteiger partial charge in [-0.3, -0.25) is 4.90 Å². The first kappa shape index (κ1) is 16.0. The zero-order valence-electron chi connectivity index (χ0n) is 14.7. The molecule has 2 aromatic rings. The molecule has 4 heteroatoms. The summed E-state index contributed by atoms with van der Waals surface area (Å²) in [7, 11) is 1.71. The third-order valence-electron chi connectivity index (χ3n) is 6.26. The van der Waals surface area contributed by atoms with E-state index in [0.29, 0.717) is 12.5 Å². The van der Waals surface area contributed by atoms with Gasteiger partial charge in [-0.25, -0.2) is 0 Å². The summed E-state index contributed by atoms with van der Waals surface area (Å²) in [4.78, 5) is 6.34. The van der Waals surface area contributed by atoms with Crippen LogP contribution in [0.15, 0.2) is 18.2 Å². The first-order valence-electron chi connectivity index (χ1n) is 9.28. The molecular formula is C20H28N2O2. The van der Waals surface area contributed by atoms with E-state index < -0.39 is 0 Å². The Balaban J connectivity index is 1.75. The van der Waals surface area contributed by atoms with Crippen LogP contribution in [0.2, 0.25) is 0 Å². The molecule has 4 atom stereocenters. The van der Waals surface area contributed by atoms with E-state index in [1.54, 1.807) is 7.11 Å². The van der Waals surface area contributed by atoms with Gasteiger partial charge in [-0.15, -0.1) is 0 Å². The van der Waals surface area contributed by atoms with Gasteiger partial charge in [0.15, 0.2) is 0 Å². The number of aromatic amines is 1. The number of nitrogens with zero attached hydrogens (tertiary/aromatic N) is 1. The number of nitrogens with one attached hydrogen (secondary N) is 1. The molecule has 4 heterocycles. The average molecular weight is 328 g/mol. The number of hydrogen-bond donors (Lipinski definition) is 2. The first-order valence-corrected chi connectivity index (χ1v) is 9.28. The zero-order valence-corrected chi connectivity index (χ0v) is 14.7. The molecule has 3 fully saturated rings. The Bertz CT molecular complexity index is 724. The number of methoxy groups -OCH3 is 1. The summed E-state index contributed by atoms with van der Waals surface area (Å²) in [6.45, 7) is 4.95. The summed E-state index contributed by atoms with van der Waals surface area (Å²) >= 11 is 0. The number of piperidine rings is 3. The smallest absolute Gasteiger partial charge is 0.119 e. The van der Waals surface area contributed by atoms with Gasteiger partial charge in [-0.2, -0.15) is 0 Å². The largest absolute Gasteiger partial charge is 0.497 e. The van der Waals surface area contributed by atoms with Gasteiger partial charge in [0.25, 0.3) is 0 Å². The SMILES string of the molecule is CC[C@H]1CN2CC[C@H]1C[C@H]2c1[nH]c2ccc(OC)cc2c1CCO. The first-order chi connectivity index (χ1) is 11.7. The molecular weight excluding hydrogens is 300 g/mol. The number of H-pyrrole nitrogens is 1. The Morgan fingerprint density at radius 1 is 1.38 bits per heavy atom. The molecule has 130 valence electrons. The van der Waals surface area contributed by atoms with Crippen molar-refractivity contribution in [3.63, 3.8) is 0 Å². The molecule has 0 aliphatic carbocycles. The van der Waals surface area contributed by atoms with Gasteiger partial charge < -0.3 is 14.8 Å². The van der Waals surface area contributed by atoms with Gasteiger partial charge in [0.2, 0.25) is 0 Å². The Morgan fingerprint density at radius 2 is 2.25 bits per heavy atom. The number of aliphatic hydroxyl groups is 1. The van der Waals surface area contributed by atoms with Crippen LogP contribution in [-0.2, 0) is 6.42 Å². The summed E-state index contributed by atoms with van der Waals surface area (Å²) in [6, 6.07) is 6.69. The monoisotopic (exact) mass is 328 g/mol. The highest BCUT2D eigenvalue weighted by molar-refractivity contribution is 5.86. The topological polar surface area (TPSA) is 48.5 Å². The van der Waals surface area contributed by atoms with Crippen LogP contribution >= 0.6 is 0 Å². The molecule has 4 nitrogen and oxygen atoms in total. The summed E-state index contributed by atoms with van der Waals surface area (Å²) in [5, 5.41) is 10.8. The highest BCUT2D eigenvalue weighted by atomic mass is 16.5. The van der Waals surface area contributed by atoms with Crippen molar-refractivity contribution in [1.29, 1.82) is 0 Å². The molecule has 1 aromatic heterocycles. The minimum Gasteiger partial charge on any atom is -0.497 e. The standard InChI is InChI=1S/C20H28N2O2/c1-3-13-12-22-8-6-14(13)10-19(22)20-16(7-9-23)17-11-15(24-2)4-5-18(17)21-20/h4-5,11,13-14,19,21,23H,3,6-10,12H2,1-2H3/t13-,14-,19-/m0/s1. The van der Waals surface area contributed by atoms with Crippen LogP contribution in [0.1, 0.15) is 43.5 Å². The van der Waals surface area contributed by atoms with Crippen molar-refractivity contribution in [3.05, 3.63) is 29.5 Å². The van der Waals surface area contributed by atoms with Crippen molar-refractivity contribution in [1.82, 2.24) is 9.88 Å². The summed E-state index contributed by atoms with van der Waals surface area (Å²) in [5.74, 6) is 2.59. The van der Waals surface area contributed by atoms with Crippen LogP contribution in [0.4, 0.5) is 0 Å². The quantitative estimate of drug-likeness (QED) is 0.883. The summed E-state index contributed by atoms with van der Waals surface area (Å²) < 4.78 is 5.40. The third-order valence-corrected chi connectivity index (χ3v) is 6.26. The van der Waals surface area contributed by atoms with Crippen LogP contribution in [0.5, 0.6) is 5.75 Å². The van der Waals surface area contributed by atoms with E-state index in [1.165, 1.54) is 49.0 Å². The lowest BCUT2D eigenvalue weighted by Crippen LogP contribution is -2.49. The van der Waals surface area contributed by atoms with Gasteiger partial charge in [-0.05, 0) is 61.4 Å². The zero-order chi connectivity index (χ0) is 16.7. The van der Waals surface area contributed by atoms with Crippen LogP contribution in [-0.4, -0.2) is 41.8 Å². The van der Waals surface area contributed by atoms with Crippen molar-refractivity contribution in [2.75, 3.05) is 26.8 Å². The maximum absolute atomic E-state index is 9.60. The maximum atomic E-state index is 9.60. The summed E-state index contributed by atoms with van der Waals surface area (Å²) in [5.41, 5.74) is 3.76. The molecule has 24 heavy (non-hydrogen) atoms. The Labute approximate surface area is 143 Å². The average Bonchev–Trinajstić information content (AvgIpc) is 3.00.